The summed E-state index contributed by atoms with van der Waals surface area (Å²) in [7, 11) is -4.38. The highest BCUT2D eigenvalue weighted by molar-refractivity contribution is 7.89. The highest BCUT2D eigenvalue weighted by atomic mass is 35.5. The third-order valence-electron chi connectivity index (χ3n) is 4.77. The van der Waals surface area contributed by atoms with Crippen LogP contribution in [0.3, 0.4) is 0 Å². The molecule has 1 aliphatic rings. The molecule has 1 atom stereocenters. The van der Waals surface area contributed by atoms with Gasteiger partial charge in [-0.2, -0.15) is 17.5 Å². The molecule has 146 valence electrons. The van der Waals surface area contributed by atoms with Crippen molar-refractivity contribution >= 4 is 21.6 Å². The van der Waals surface area contributed by atoms with Crippen LogP contribution in [0.25, 0.3) is 0 Å². The van der Waals surface area contributed by atoms with Crippen molar-refractivity contribution in [2.24, 2.45) is 5.92 Å². The molecule has 3 rings (SSSR count). The first-order valence-electron chi connectivity index (χ1n) is 8.53. The average Bonchev–Trinajstić information content (AvgIpc) is 3.44. The second-order valence-electron chi connectivity index (χ2n) is 6.75. The van der Waals surface area contributed by atoms with Gasteiger partial charge in [0.15, 0.2) is 0 Å². The minimum Gasteiger partial charge on any atom is -0.207 e. The van der Waals surface area contributed by atoms with E-state index in [1.165, 1.54) is 10.4 Å². The second-order valence-corrected chi connectivity index (χ2v) is 9.05. The molecular weight excluding hydrogens is 399 g/mol. The van der Waals surface area contributed by atoms with Gasteiger partial charge in [-0.3, -0.25) is 0 Å². The van der Waals surface area contributed by atoms with Gasteiger partial charge in [0.2, 0.25) is 10.0 Å². The Morgan fingerprint density at radius 1 is 1.15 bits per heavy atom. The van der Waals surface area contributed by atoms with Crippen molar-refractivity contribution in [3.05, 3.63) is 64.7 Å². The van der Waals surface area contributed by atoms with Gasteiger partial charge in [0.1, 0.15) is 0 Å². The molecule has 0 N–H and O–H groups in total. The van der Waals surface area contributed by atoms with Gasteiger partial charge in [-0.15, -0.1) is 0 Å². The topological polar surface area (TPSA) is 37.4 Å². The quantitative estimate of drug-likeness (QED) is 0.635. The predicted octanol–water partition coefficient (Wildman–Crippen LogP) is 5.35. The Balaban J connectivity index is 2.08. The van der Waals surface area contributed by atoms with Crippen LogP contribution in [0.1, 0.15) is 30.9 Å². The zero-order valence-corrected chi connectivity index (χ0v) is 16.2. The number of benzene rings is 2. The van der Waals surface area contributed by atoms with Gasteiger partial charge in [-0.05, 0) is 49.4 Å². The molecule has 1 fully saturated rings. The summed E-state index contributed by atoms with van der Waals surface area (Å²) in [5.74, 6) is 0.158. The largest absolute Gasteiger partial charge is 0.417 e. The molecule has 0 aliphatic heterocycles. The van der Waals surface area contributed by atoms with E-state index < -0.39 is 32.7 Å². The Morgan fingerprint density at radius 3 is 2.33 bits per heavy atom. The summed E-state index contributed by atoms with van der Waals surface area (Å²) in [5.41, 5.74) is -0.521. The van der Waals surface area contributed by atoms with E-state index in [1.54, 1.807) is 37.3 Å². The van der Waals surface area contributed by atoms with E-state index in [9.17, 15) is 21.6 Å². The van der Waals surface area contributed by atoms with Crippen LogP contribution in [0.5, 0.6) is 0 Å². The van der Waals surface area contributed by atoms with Crippen molar-refractivity contribution in [2.75, 3.05) is 0 Å². The lowest BCUT2D eigenvalue weighted by Crippen LogP contribution is -2.40. The van der Waals surface area contributed by atoms with Gasteiger partial charge in [0, 0.05) is 17.6 Å². The molecule has 8 heteroatoms. The Kier molecular flexibility index (Phi) is 5.57. The zero-order chi connectivity index (χ0) is 19.8. The molecule has 2 aromatic rings. The van der Waals surface area contributed by atoms with E-state index in [0.717, 1.165) is 24.5 Å². The Morgan fingerprint density at radius 2 is 1.78 bits per heavy atom. The van der Waals surface area contributed by atoms with E-state index >= 15 is 0 Å². The molecule has 0 bridgehead atoms. The van der Waals surface area contributed by atoms with Gasteiger partial charge in [-0.25, -0.2) is 8.42 Å². The molecule has 0 aromatic heterocycles. The molecule has 0 spiro atoms. The van der Waals surface area contributed by atoms with Crippen molar-refractivity contribution in [3.63, 3.8) is 0 Å². The third-order valence-corrected chi connectivity index (χ3v) is 7.00. The Labute approximate surface area is 161 Å². The number of halogens is 4. The van der Waals surface area contributed by atoms with Crippen LogP contribution < -0.4 is 0 Å². The normalized spacial score (nSPS) is 16.5. The van der Waals surface area contributed by atoms with Gasteiger partial charge in [0.05, 0.1) is 10.5 Å². The number of alkyl halides is 3. The summed E-state index contributed by atoms with van der Waals surface area (Å²) < 4.78 is 68.2. The van der Waals surface area contributed by atoms with Crippen molar-refractivity contribution in [3.8, 4) is 0 Å². The van der Waals surface area contributed by atoms with Crippen LogP contribution in [-0.4, -0.2) is 18.8 Å². The first-order valence-corrected chi connectivity index (χ1v) is 10.3. The van der Waals surface area contributed by atoms with E-state index in [1.807, 2.05) is 0 Å². The van der Waals surface area contributed by atoms with Crippen LogP contribution in [0.4, 0.5) is 13.2 Å². The van der Waals surface area contributed by atoms with Crippen LogP contribution in [0.2, 0.25) is 5.02 Å². The molecule has 1 aliphatic carbocycles. The fraction of sp³-hybridized carbons (Fsp3) is 0.368. The summed E-state index contributed by atoms with van der Waals surface area (Å²) in [6.45, 7) is 1.77. The minimum atomic E-state index is -4.82. The first kappa shape index (κ1) is 20.2. The standard InChI is InChI=1S/C19H19ClF3NO2S/c1-13(15-7-8-15)24(12-14-5-3-2-4-6-14)27(25,26)18-10-9-16(20)11-17(18)19(21,22)23/h2-6,9-11,13,15H,7-8,12H2,1H3/t13-/m0/s1. The SMILES string of the molecule is C[C@@H](C1CC1)N(Cc1ccccc1)S(=O)(=O)c1ccc(Cl)cc1C(F)(F)F. The Bertz CT molecular complexity index is 912. The highest BCUT2D eigenvalue weighted by Crippen LogP contribution is 2.41. The molecule has 3 nitrogen and oxygen atoms in total. The maximum absolute atomic E-state index is 13.5. The molecule has 0 radical (unpaired) electrons. The highest BCUT2D eigenvalue weighted by Gasteiger charge is 2.43. The van der Waals surface area contributed by atoms with Crippen molar-refractivity contribution in [1.29, 1.82) is 0 Å². The van der Waals surface area contributed by atoms with Crippen LogP contribution in [0, 0.1) is 5.92 Å². The van der Waals surface area contributed by atoms with Crippen molar-refractivity contribution in [2.45, 2.75) is 43.4 Å². The molecule has 0 heterocycles. The van der Waals surface area contributed by atoms with Gasteiger partial charge in [-0.1, -0.05) is 41.9 Å². The van der Waals surface area contributed by atoms with E-state index in [0.29, 0.717) is 6.07 Å². The lowest BCUT2D eigenvalue weighted by Gasteiger charge is -2.29. The molecule has 0 saturated heterocycles. The van der Waals surface area contributed by atoms with Gasteiger partial charge in [0.25, 0.3) is 0 Å². The predicted molar refractivity (Wildman–Crippen MR) is 97.8 cm³/mol. The van der Waals surface area contributed by atoms with Gasteiger partial charge < -0.3 is 0 Å². The number of nitrogens with zero attached hydrogens (tertiary/aromatic N) is 1. The lowest BCUT2D eigenvalue weighted by molar-refractivity contribution is -0.139. The molecule has 0 unspecified atom stereocenters. The van der Waals surface area contributed by atoms with Crippen molar-refractivity contribution in [1.82, 2.24) is 4.31 Å². The molecular formula is C19H19ClF3NO2S. The summed E-state index contributed by atoms with van der Waals surface area (Å²) >= 11 is 5.70. The minimum absolute atomic E-state index is 0.0146. The van der Waals surface area contributed by atoms with Gasteiger partial charge >= 0.3 is 6.18 Å². The summed E-state index contributed by atoms with van der Waals surface area (Å²) in [4.78, 5) is -0.761. The molecule has 27 heavy (non-hydrogen) atoms. The number of hydrogen-bond acceptors (Lipinski definition) is 2. The third kappa shape index (κ3) is 4.47. The molecule has 2 aromatic carbocycles. The van der Waals surface area contributed by atoms with E-state index in [-0.39, 0.29) is 17.5 Å². The van der Waals surface area contributed by atoms with Crippen LogP contribution in [0.15, 0.2) is 53.4 Å². The first-order chi connectivity index (χ1) is 12.6. The Hall–Kier alpha value is -1.57. The summed E-state index contributed by atoms with van der Waals surface area (Å²) in [6, 6.07) is 11.2. The number of hydrogen-bond donors (Lipinski definition) is 0. The molecule has 0 amide bonds. The fourth-order valence-electron chi connectivity index (χ4n) is 3.10. The van der Waals surface area contributed by atoms with Crippen molar-refractivity contribution < 1.29 is 21.6 Å². The average molecular weight is 418 g/mol. The fourth-order valence-corrected chi connectivity index (χ4v) is 5.15. The maximum Gasteiger partial charge on any atom is 0.417 e. The van der Waals surface area contributed by atoms with E-state index in [2.05, 4.69) is 0 Å². The van der Waals surface area contributed by atoms with Crippen LogP contribution in [-0.2, 0) is 22.7 Å². The lowest BCUT2D eigenvalue weighted by atomic mass is 10.2. The number of rotatable bonds is 6. The zero-order valence-electron chi connectivity index (χ0n) is 14.6. The maximum atomic E-state index is 13.5. The second kappa shape index (κ2) is 7.45. The smallest absolute Gasteiger partial charge is 0.207 e. The summed E-state index contributed by atoms with van der Waals surface area (Å²) in [6.07, 6.45) is -3.09. The number of sulfonamides is 1. The monoisotopic (exact) mass is 417 g/mol. The van der Waals surface area contributed by atoms with E-state index in [4.69, 9.17) is 11.6 Å². The van der Waals surface area contributed by atoms with Crippen LogP contribution >= 0.6 is 11.6 Å². The summed E-state index contributed by atoms with van der Waals surface area (Å²) in [5, 5.41) is -0.161. The molecule has 1 saturated carbocycles.